The average molecular weight is 409 g/mol. The number of nitrogens with zero attached hydrogens (tertiary/aromatic N) is 2. The highest BCUT2D eigenvalue weighted by Crippen LogP contribution is 2.27. The predicted octanol–water partition coefficient (Wildman–Crippen LogP) is 2.58. The highest BCUT2D eigenvalue weighted by molar-refractivity contribution is 5.79. The lowest BCUT2D eigenvalue weighted by molar-refractivity contribution is 0.0342. The van der Waals surface area contributed by atoms with Gasteiger partial charge in [-0.3, -0.25) is 4.90 Å². The van der Waals surface area contributed by atoms with Crippen molar-refractivity contribution in [3.8, 4) is 5.75 Å². The Bertz CT molecular complexity index is 824. The van der Waals surface area contributed by atoms with Gasteiger partial charge in [-0.15, -0.1) is 0 Å². The van der Waals surface area contributed by atoms with Crippen LogP contribution >= 0.6 is 0 Å². The van der Waals surface area contributed by atoms with Crippen LogP contribution in [0.2, 0.25) is 0 Å². The van der Waals surface area contributed by atoms with Crippen molar-refractivity contribution < 1.29 is 9.47 Å². The molecule has 2 heterocycles. The van der Waals surface area contributed by atoms with E-state index in [1.807, 2.05) is 12.1 Å². The third-order valence-electron chi connectivity index (χ3n) is 5.48. The highest BCUT2D eigenvalue weighted by Gasteiger charge is 2.22. The van der Waals surface area contributed by atoms with Gasteiger partial charge in [0.2, 0.25) is 0 Å². The minimum Gasteiger partial charge on any atom is -0.488 e. The monoisotopic (exact) mass is 408 g/mol. The normalized spacial score (nSPS) is 19.2. The number of para-hydroxylation sites is 1. The van der Waals surface area contributed by atoms with Gasteiger partial charge < -0.3 is 20.1 Å². The van der Waals surface area contributed by atoms with Gasteiger partial charge in [0.15, 0.2) is 5.96 Å². The second kappa shape index (κ2) is 10.5. The van der Waals surface area contributed by atoms with Gasteiger partial charge in [-0.2, -0.15) is 0 Å². The minimum atomic E-state index is 0.142. The van der Waals surface area contributed by atoms with Crippen molar-refractivity contribution in [3.05, 3.63) is 65.2 Å². The summed E-state index contributed by atoms with van der Waals surface area (Å²) in [5.41, 5.74) is 3.84. The molecule has 0 spiro atoms. The number of fused-ring (bicyclic) bond motifs is 1. The molecule has 160 valence electrons. The Morgan fingerprint density at radius 1 is 1.07 bits per heavy atom. The molecule has 1 saturated heterocycles. The van der Waals surface area contributed by atoms with Gasteiger partial charge in [0.25, 0.3) is 0 Å². The lowest BCUT2D eigenvalue weighted by Crippen LogP contribution is -2.42. The quantitative estimate of drug-likeness (QED) is 0.545. The third kappa shape index (κ3) is 5.74. The number of aliphatic imine (C=N–C) groups is 1. The first-order valence-electron chi connectivity index (χ1n) is 10.9. The van der Waals surface area contributed by atoms with E-state index in [2.05, 4.69) is 58.9 Å². The van der Waals surface area contributed by atoms with E-state index in [1.54, 1.807) is 0 Å². The van der Waals surface area contributed by atoms with Gasteiger partial charge >= 0.3 is 0 Å². The SMILES string of the molecule is CCNC(=NCc1cccc(CN2CCOCC2)c1)NCC1Cc2ccccc2O1. The topological polar surface area (TPSA) is 58.1 Å². The number of rotatable bonds is 7. The minimum absolute atomic E-state index is 0.142. The largest absolute Gasteiger partial charge is 0.488 e. The number of ether oxygens (including phenoxy) is 2. The summed E-state index contributed by atoms with van der Waals surface area (Å²) in [4.78, 5) is 7.23. The van der Waals surface area contributed by atoms with E-state index in [0.717, 1.165) is 64.1 Å². The van der Waals surface area contributed by atoms with Crippen LogP contribution in [0.1, 0.15) is 23.6 Å². The fourth-order valence-corrected chi connectivity index (χ4v) is 3.93. The molecule has 1 atom stereocenters. The summed E-state index contributed by atoms with van der Waals surface area (Å²) in [5, 5.41) is 6.78. The zero-order valence-electron chi connectivity index (χ0n) is 17.8. The lowest BCUT2D eigenvalue weighted by Gasteiger charge is -2.26. The Balaban J connectivity index is 1.31. The number of hydrogen-bond donors (Lipinski definition) is 2. The van der Waals surface area contributed by atoms with E-state index in [-0.39, 0.29) is 6.10 Å². The maximum Gasteiger partial charge on any atom is 0.191 e. The van der Waals surface area contributed by atoms with Crippen LogP contribution < -0.4 is 15.4 Å². The van der Waals surface area contributed by atoms with Crippen LogP contribution in [-0.4, -0.2) is 56.4 Å². The summed E-state index contributed by atoms with van der Waals surface area (Å²) < 4.78 is 11.5. The van der Waals surface area contributed by atoms with Crippen molar-refractivity contribution in [2.24, 2.45) is 4.99 Å². The first-order valence-corrected chi connectivity index (χ1v) is 10.9. The van der Waals surface area contributed by atoms with Crippen LogP contribution in [-0.2, 0) is 24.2 Å². The van der Waals surface area contributed by atoms with Crippen LogP contribution in [0, 0.1) is 0 Å². The van der Waals surface area contributed by atoms with E-state index in [1.165, 1.54) is 16.7 Å². The van der Waals surface area contributed by atoms with Crippen molar-refractivity contribution in [2.75, 3.05) is 39.4 Å². The summed E-state index contributed by atoms with van der Waals surface area (Å²) in [6, 6.07) is 17.0. The molecule has 4 rings (SSSR count). The van der Waals surface area contributed by atoms with Crippen molar-refractivity contribution in [2.45, 2.75) is 32.5 Å². The van der Waals surface area contributed by atoms with E-state index < -0.39 is 0 Å². The van der Waals surface area contributed by atoms with Crippen molar-refractivity contribution in [1.29, 1.82) is 0 Å². The Labute approximate surface area is 179 Å². The Kier molecular flexibility index (Phi) is 7.21. The Morgan fingerprint density at radius 3 is 2.73 bits per heavy atom. The fraction of sp³-hybridized carbons (Fsp3) is 0.458. The molecule has 2 aromatic carbocycles. The smallest absolute Gasteiger partial charge is 0.191 e. The zero-order valence-corrected chi connectivity index (χ0v) is 17.8. The summed E-state index contributed by atoms with van der Waals surface area (Å²) in [7, 11) is 0. The van der Waals surface area contributed by atoms with Crippen molar-refractivity contribution >= 4 is 5.96 Å². The van der Waals surface area contributed by atoms with Gasteiger partial charge in [0, 0.05) is 32.6 Å². The maximum atomic E-state index is 6.03. The molecule has 1 unspecified atom stereocenters. The average Bonchev–Trinajstić information content (AvgIpc) is 3.20. The molecule has 0 radical (unpaired) electrons. The summed E-state index contributed by atoms with van der Waals surface area (Å²) in [6.45, 7) is 8.94. The molecule has 30 heavy (non-hydrogen) atoms. The van der Waals surface area contributed by atoms with Gasteiger partial charge in [0.05, 0.1) is 26.3 Å². The first-order chi connectivity index (χ1) is 14.8. The number of hydrogen-bond acceptors (Lipinski definition) is 4. The molecule has 2 N–H and O–H groups in total. The molecule has 0 aliphatic carbocycles. The molecule has 2 aromatic rings. The predicted molar refractivity (Wildman–Crippen MR) is 120 cm³/mol. The summed E-state index contributed by atoms with van der Waals surface area (Å²) in [6.07, 6.45) is 1.08. The van der Waals surface area contributed by atoms with Crippen molar-refractivity contribution in [1.82, 2.24) is 15.5 Å². The molecule has 0 aromatic heterocycles. The van der Waals surface area contributed by atoms with Crippen LogP contribution in [0.15, 0.2) is 53.5 Å². The van der Waals surface area contributed by atoms with Gasteiger partial charge in [-0.25, -0.2) is 4.99 Å². The van der Waals surface area contributed by atoms with E-state index >= 15 is 0 Å². The molecule has 2 aliphatic heterocycles. The van der Waals surface area contributed by atoms with Crippen LogP contribution in [0.5, 0.6) is 5.75 Å². The molecule has 0 saturated carbocycles. The molecular weight excluding hydrogens is 376 g/mol. The number of guanidine groups is 1. The lowest BCUT2D eigenvalue weighted by atomic mass is 10.1. The summed E-state index contributed by atoms with van der Waals surface area (Å²) in [5.74, 6) is 1.83. The molecule has 1 fully saturated rings. The van der Waals surface area contributed by atoms with Crippen molar-refractivity contribution in [3.63, 3.8) is 0 Å². The van der Waals surface area contributed by atoms with Crippen LogP contribution in [0.25, 0.3) is 0 Å². The highest BCUT2D eigenvalue weighted by atomic mass is 16.5. The molecule has 6 nitrogen and oxygen atoms in total. The second-order valence-electron chi connectivity index (χ2n) is 7.84. The van der Waals surface area contributed by atoms with Gasteiger partial charge in [0.1, 0.15) is 11.9 Å². The third-order valence-corrected chi connectivity index (χ3v) is 5.48. The summed E-state index contributed by atoms with van der Waals surface area (Å²) >= 11 is 0. The Morgan fingerprint density at radius 2 is 1.90 bits per heavy atom. The van der Waals surface area contributed by atoms with Gasteiger partial charge in [-0.1, -0.05) is 42.5 Å². The molecule has 0 bridgehead atoms. The molecular formula is C24H32N4O2. The first kappa shape index (κ1) is 20.7. The zero-order chi connectivity index (χ0) is 20.6. The molecule has 2 aliphatic rings. The number of nitrogens with one attached hydrogen (secondary N) is 2. The molecule has 6 heteroatoms. The standard InChI is InChI=1S/C24H32N4O2/c1-2-25-24(27-17-22-15-21-8-3-4-9-23(21)30-22)26-16-19-6-5-7-20(14-19)18-28-10-12-29-13-11-28/h3-9,14,22H,2,10-13,15-18H2,1H3,(H2,25,26,27). The fourth-order valence-electron chi connectivity index (χ4n) is 3.93. The van der Waals surface area contributed by atoms with E-state index in [4.69, 9.17) is 14.5 Å². The number of benzene rings is 2. The maximum absolute atomic E-state index is 6.03. The van der Waals surface area contributed by atoms with Crippen LogP contribution in [0.3, 0.4) is 0 Å². The number of morpholine rings is 1. The Hall–Kier alpha value is -2.57. The van der Waals surface area contributed by atoms with E-state index in [0.29, 0.717) is 6.54 Å². The van der Waals surface area contributed by atoms with E-state index in [9.17, 15) is 0 Å². The van der Waals surface area contributed by atoms with Gasteiger partial charge in [-0.05, 0) is 29.7 Å². The second-order valence-corrected chi connectivity index (χ2v) is 7.84. The molecule has 0 amide bonds. The van der Waals surface area contributed by atoms with Crippen LogP contribution in [0.4, 0.5) is 0 Å².